The Bertz CT molecular complexity index is 141. The lowest BCUT2D eigenvalue weighted by molar-refractivity contribution is -0.116. The molecule has 64 valence electrons. The molecule has 0 aromatic rings. The van der Waals surface area contributed by atoms with Gasteiger partial charge in [0.25, 0.3) is 0 Å². The molecule has 3 N–H and O–H groups in total. The summed E-state index contributed by atoms with van der Waals surface area (Å²) in [5, 5.41) is 2.64. The van der Waals surface area contributed by atoms with Gasteiger partial charge in [-0.2, -0.15) is 0 Å². The molecule has 0 spiro atoms. The van der Waals surface area contributed by atoms with Crippen molar-refractivity contribution in [1.82, 2.24) is 5.32 Å². The summed E-state index contributed by atoms with van der Waals surface area (Å²) in [6, 6.07) is 0. The van der Waals surface area contributed by atoms with Crippen molar-refractivity contribution < 1.29 is 4.79 Å². The summed E-state index contributed by atoms with van der Waals surface area (Å²) < 4.78 is 0. The highest BCUT2D eigenvalue weighted by Gasteiger charge is 1.92. The third-order valence-electron chi connectivity index (χ3n) is 1.08. The van der Waals surface area contributed by atoms with E-state index in [0.29, 0.717) is 19.0 Å². The van der Waals surface area contributed by atoms with Crippen LogP contribution in [0.25, 0.3) is 0 Å². The molecule has 11 heavy (non-hydrogen) atoms. The molecule has 0 aliphatic heterocycles. The maximum atomic E-state index is 10.9. The highest BCUT2D eigenvalue weighted by molar-refractivity contribution is 5.87. The van der Waals surface area contributed by atoms with E-state index in [4.69, 9.17) is 5.73 Å². The first-order valence-corrected chi connectivity index (χ1v) is 3.83. The minimum absolute atomic E-state index is 0.0656. The largest absolute Gasteiger partial charge is 0.351 e. The van der Waals surface area contributed by atoms with Gasteiger partial charge in [0, 0.05) is 13.1 Å². The number of allylic oxidation sites excluding steroid dienone is 1. The molecule has 0 atom stereocenters. The number of hydrogen-bond acceptors (Lipinski definition) is 2. The van der Waals surface area contributed by atoms with E-state index in [2.05, 4.69) is 5.32 Å². The van der Waals surface area contributed by atoms with Crippen LogP contribution in [-0.2, 0) is 4.79 Å². The van der Waals surface area contributed by atoms with Crippen LogP contribution in [-0.4, -0.2) is 19.0 Å². The SMILES string of the molecule is CC(C)/C=C/C(=O)NCCN. The second-order valence-electron chi connectivity index (χ2n) is 2.68. The Hall–Kier alpha value is -0.830. The van der Waals surface area contributed by atoms with Crippen LogP contribution in [0.2, 0.25) is 0 Å². The first-order valence-electron chi connectivity index (χ1n) is 3.83. The molecule has 0 heterocycles. The monoisotopic (exact) mass is 156 g/mol. The number of carbonyl (C=O) groups excluding carboxylic acids is 1. The van der Waals surface area contributed by atoms with Crippen molar-refractivity contribution in [1.29, 1.82) is 0 Å². The summed E-state index contributed by atoms with van der Waals surface area (Å²) in [7, 11) is 0. The summed E-state index contributed by atoms with van der Waals surface area (Å²) in [6.45, 7) is 5.07. The molecular formula is C8H16N2O. The van der Waals surface area contributed by atoms with Crippen molar-refractivity contribution in [2.45, 2.75) is 13.8 Å². The molecule has 0 fully saturated rings. The van der Waals surface area contributed by atoms with Gasteiger partial charge in [-0.25, -0.2) is 0 Å². The van der Waals surface area contributed by atoms with Crippen molar-refractivity contribution in [3.05, 3.63) is 12.2 Å². The Morgan fingerprint density at radius 1 is 1.64 bits per heavy atom. The van der Waals surface area contributed by atoms with E-state index in [0.717, 1.165) is 0 Å². The first-order chi connectivity index (χ1) is 5.16. The Labute approximate surface area is 67.7 Å². The maximum absolute atomic E-state index is 10.9. The Morgan fingerprint density at radius 3 is 2.73 bits per heavy atom. The van der Waals surface area contributed by atoms with Gasteiger partial charge in [-0.3, -0.25) is 4.79 Å². The lowest BCUT2D eigenvalue weighted by Crippen LogP contribution is -2.27. The highest BCUT2D eigenvalue weighted by Crippen LogP contribution is 1.91. The molecule has 0 rings (SSSR count). The van der Waals surface area contributed by atoms with E-state index in [1.165, 1.54) is 0 Å². The number of nitrogens with two attached hydrogens (primary N) is 1. The average molecular weight is 156 g/mol. The van der Waals surface area contributed by atoms with Gasteiger partial charge >= 0.3 is 0 Å². The molecule has 3 nitrogen and oxygen atoms in total. The van der Waals surface area contributed by atoms with E-state index in [1.54, 1.807) is 6.08 Å². The number of carbonyl (C=O) groups is 1. The molecule has 0 aromatic heterocycles. The van der Waals surface area contributed by atoms with Gasteiger partial charge in [0.1, 0.15) is 0 Å². The fourth-order valence-electron chi connectivity index (χ4n) is 0.534. The van der Waals surface area contributed by atoms with Crippen LogP contribution in [0.3, 0.4) is 0 Å². The van der Waals surface area contributed by atoms with Crippen LogP contribution in [0.5, 0.6) is 0 Å². The standard InChI is InChI=1S/C8H16N2O/c1-7(2)3-4-8(11)10-6-5-9/h3-4,7H,5-6,9H2,1-2H3,(H,10,11)/b4-3+. The molecule has 0 bridgehead atoms. The number of hydrogen-bond donors (Lipinski definition) is 2. The maximum Gasteiger partial charge on any atom is 0.243 e. The summed E-state index contributed by atoms with van der Waals surface area (Å²) in [5.74, 6) is 0.350. The van der Waals surface area contributed by atoms with Crippen molar-refractivity contribution >= 4 is 5.91 Å². The Kier molecular flexibility index (Phi) is 5.47. The minimum atomic E-state index is -0.0656. The number of nitrogens with one attached hydrogen (secondary N) is 1. The second-order valence-corrected chi connectivity index (χ2v) is 2.68. The lowest BCUT2D eigenvalue weighted by Gasteiger charge is -1.98. The van der Waals surface area contributed by atoms with E-state index < -0.39 is 0 Å². The highest BCUT2D eigenvalue weighted by atomic mass is 16.1. The minimum Gasteiger partial charge on any atom is -0.351 e. The summed E-state index contributed by atoms with van der Waals surface area (Å²) in [5.41, 5.74) is 5.19. The fraction of sp³-hybridized carbons (Fsp3) is 0.625. The van der Waals surface area contributed by atoms with Gasteiger partial charge in [0.2, 0.25) is 5.91 Å². The van der Waals surface area contributed by atoms with Gasteiger partial charge in [0.05, 0.1) is 0 Å². The van der Waals surface area contributed by atoms with Crippen LogP contribution < -0.4 is 11.1 Å². The van der Waals surface area contributed by atoms with Crippen molar-refractivity contribution in [3.63, 3.8) is 0 Å². The van der Waals surface area contributed by atoms with Gasteiger partial charge in [-0.15, -0.1) is 0 Å². The second kappa shape index (κ2) is 5.92. The van der Waals surface area contributed by atoms with Crippen LogP contribution in [0.15, 0.2) is 12.2 Å². The number of rotatable bonds is 4. The van der Waals surface area contributed by atoms with Crippen molar-refractivity contribution in [2.24, 2.45) is 11.7 Å². The first kappa shape index (κ1) is 10.2. The topological polar surface area (TPSA) is 55.1 Å². The van der Waals surface area contributed by atoms with E-state index in [1.807, 2.05) is 19.9 Å². The number of amides is 1. The summed E-state index contributed by atoms with van der Waals surface area (Å²) in [4.78, 5) is 10.9. The molecule has 0 aromatic carbocycles. The Morgan fingerprint density at radius 2 is 2.27 bits per heavy atom. The van der Waals surface area contributed by atoms with Crippen molar-refractivity contribution in [2.75, 3.05) is 13.1 Å². The van der Waals surface area contributed by atoms with Gasteiger partial charge in [-0.05, 0) is 12.0 Å². The third-order valence-corrected chi connectivity index (χ3v) is 1.08. The van der Waals surface area contributed by atoms with Crippen LogP contribution in [0.1, 0.15) is 13.8 Å². The molecule has 1 amide bonds. The zero-order valence-corrected chi connectivity index (χ0v) is 7.13. The molecule has 0 aliphatic carbocycles. The zero-order valence-electron chi connectivity index (χ0n) is 7.13. The normalized spacial score (nSPS) is 10.9. The third kappa shape index (κ3) is 7.06. The molecule has 0 radical (unpaired) electrons. The van der Waals surface area contributed by atoms with Crippen LogP contribution >= 0.6 is 0 Å². The lowest BCUT2D eigenvalue weighted by atomic mass is 10.2. The molecule has 0 aliphatic rings. The Balaban J connectivity index is 3.51. The van der Waals surface area contributed by atoms with Gasteiger partial charge in [0.15, 0.2) is 0 Å². The zero-order chi connectivity index (χ0) is 8.69. The van der Waals surface area contributed by atoms with Crippen LogP contribution in [0.4, 0.5) is 0 Å². The predicted molar refractivity (Wildman–Crippen MR) is 46.0 cm³/mol. The predicted octanol–water partition coefficient (Wildman–Crippen LogP) is 0.273. The molecular weight excluding hydrogens is 140 g/mol. The van der Waals surface area contributed by atoms with Crippen molar-refractivity contribution in [3.8, 4) is 0 Å². The average Bonchev–Trinajstić information content (AvgIpc) is 1.97. The van der Waals surface area contributed by atoms with Gasteiger partial charge in [-0.1, -0.05) is 19.9 Å². The summed E-state index contributed by atoms with van der Waals surface area (Å²) in [6.07, 6.45) is 3.40. The van der Waals surface area contributed by atoms with E-state index in [9.17, 15) is 4.79 Å². The fourth-order valence-corrected chi connectivity index (χ4v) is 0.534. The quantitative estimate of drug-likeness (QED) is 0.574. The summed E-state index contributed by atoms with van der Waals surface area (Å²) >= 11 is 0. The van der Waals surface area contributed by atoms with E-state index in [-0.39, 0.29) is 5.91 Å². The van der Waals surface area contributed by atoms with E-state index >= 15 is 0 Å². The molecule has 0 saturated carbocycles. The van der Waals surface area contributed by atoms with Crippen LogP contribution in [0, 0.1) is 5.92 Å². The van der Waals surface area contributed by atoms with Gasteiger partial charge < -0.3 is 11.1 Å². The molecule has 3 heteroatoms. The molecule has 0 unspecified atom stereocenters. The molecule has 0 saturated heterocycles. The smallest absolute Gasteiger partial charge is 0.243 e.